The van der Waals surface area contributed by atoms with Crippen molar-refractivity contribution in [1.82, 2.24) is 4.90 Å². The summed E-state index contributed by atoms with van der Waals surface area (Å²) >= 11 is 3.64. The molecule has 1 fully saturated rings. The number of ether oxygens (including phenoxy) is 1. The summed E-state index contributed by atoms with van der Waals surface area (Å²) < 4.78 is 6.67. The van der Waals surface area contributed by atoms with Crippen LogP contribution >= 0.6 is 15.9 Å². The summed E-state index contributed by atoms with van der Waals surface area (Å²) in [6, 6.07) is 18.5. The van der Waals surface area contributed by atoms with Gasteiger partial charge >= 0.3 is 6.09 Å². The smallest absolute Gasteiger partial charge is 0.410 e. The van der Waals surface area contributed by atoms with E-state index in [0.29, 0.717) is 6.61 Å². The quantitative estimate of drug-likeness (QED) is 0.692. The normalized spacial score (nSPS) is 21.8. The minimum atomic E-state index is -0.196. The van der Waals surface area contributed by atoms with Gasteiger partial charge in [0.25, 0.3) is 0 Å². The Bertz CT molecular complexity index is 803. The summed E-state index contributed by atoms with van der Waals surface area (Å²) in [5.74, 6) is 0. The van der Waals surface area contributed by atoms with Gasteiger partial charge in [0, 0.05) is 10.5 Å². The molecule has 0 radical (unpaired) electrons. The molecule has 2 bridgehead atoms. The van der Waals surface area contributed by atoms with Gasteiger partial charge in [-0.15, -0.1) is 0 Å². The highest BCUT2D eigenvalue weighted by Gasteiger charge is 2.40. The molecule has 2 aromatic carbocycles. The van der Waals surface area contributed by atoms with E-state index in [1.807, 2.05) is 41.3 Å². The van der Waals surface area contributed by atoms with E-state index >= 15 is 0 Å². The largest absolute Gasteiger partial charge is 0.445 e. The minimum absolute atomic E-state index is 0.143. The Morgan fingerprint density at radius 1 is 1.08 bits per heavy atom. The molecule has 0 aliphatic carbocycles. The van der Waals surface area contributed by atoms with Crippen molar-refractivity contribution in [1.29, 1.82) is 0 Å². The van der Waals surface area contributed by atoms with Crippen LogP contribution in [0.15, 0.2) is 65.1 Å². The molecule has 0 aromatic heterocycles. The lowest BCUT2D eigenvalue weighted by Crippen LogP contribution is -2.43. The molecule has 128 valence electrons. The Labute approximate surface area is 156 Å². The van der Waals surface area contributed by atoms with E-state index in [1.165, 1.54) is 11.1 Å². The first kappa shape index (κ1) is 16.4. The number of halogens is 1. The molecule has 2 aliphatic rings. The molecule has 3 nitrogen and oxygen atoms in total. The summed E-state index contributed by atoms with van der Waals surface area (Å²) in [6.07, 6.45) is 4.99. The van der Waals surface area contributed by atoms with E-state index < -0.39 is 0 Å². The van der Waals surface area contributed by atoms with Gasteiger partial charge in [-0.3, -0.25) is 4.90 Å². The number of benzene rings is 2. The van der Waals surface area contributed by atoms with Crippen LogP contribution in [0.5, 0.6) is 0 Å². The molecule has 4 heteroatoms. The van der Waals surface area contributed by atoms with Crippen LogP contribution in [-0.4, -0.2) is 23.1 Å². The fourth-order valence-corrected chi connectivity index (χ4v) is 4.37. The zero-order valence-electron chi connectivity index (χ0n) is 13.9. The lowest BCUT2D eigenvalue weighted by atomic mass is 9.95. The van der Waals surface area contributed by atoms with Crippen molar-refractivity contribution in [3.8, 4) is 0 Å². The second-order valence-corrected chi connectivity index (χ2v) is 7.48. The van der Waals surface area contributed by atoms with E-state index in [2.05, 4.69) is 40.2 Å². The molecule has 0 saturated carbocycles. The zero-order chi connectivity index (χ0) is 17.2. The Balaban J connectivity index is 1.48. The van der Waals surface area contributed by atoms with Gasteiger partial charge in [-0.05, 0) is 42.0 Å². The topological polar surface area (TPSA) is 29.5 Å². The lowest BCUT2D eigenvalue weighted by molar-refractivity contribution is 0.0832. The van der Waals surface area contributed by atoms with Gasteiger partial charge in [-0.2, -0.15) is 0 Å². The van der Waals surface area contributed by atoms with Crippen molar-refractivity contribution in [2.45, 2.75) is 38.0 Å². The summed E-state index contributed by atoms with van der Waals surface area (Å²) in [7, 11) is 0. The predicted molar refractivity (Wildman–Crippen MR) is 102 cm³/mol. The lowest BCUT2D eigenvalue weighted by Gasteiger charge is -2.33. The highest BCUT2D eigenvalue weighted by Crippen LogP contribution is 2.40. The van der Waals surface area contributed by atoms with Crippen LogP contribution in [0, 0.1) is 0 Å². The summed E-state index contributed by atoms with van der Waals surface area (Å²) in [4.78, 5) is 14.5. The molecule has 4 rings (SSSR count). The average Bonchev–Trinajstić information content (AvgIpc) is 2.91. The second kappa shape index (κ2) is 7.04. The zero-order valence-corrected chi connectivity index (χ0v) is 15.5. The Hall–Kier alpha value is -2.07. The van der Waals surface area contributed by atoms with Crippen LogP contribution in [0.2, 0.25) is 0 Å². The maximum absolute atomic E-state index is 12.6. The summed E-state index contributed by atoms with van der Waals surface area (Å²) in [6.45, 7) is 0.330. The number of hydrogen-bond donors (Lipinski definition) is 0. The van der Waals surface area contributed by atoms with Crippen LogP contribution in [0.25, 0.3) is 5.57 Å². The van der Waals surface area contributed by atoms with Crippen molar-refractivity contribution >= 4 is 27.6 Å². The minimum Gasteiger partial charge on any atom is -0.445 e. The van der Waals surface area contributed by atoms with Crippen LogP contribution in [0.1, 0.15) is 30.4 Å². The highest BCUT2D eigenvalue weighted by atomic mass is 79.9. The fourth-order valence-electron chi connectivity index (χ4n) is 3.83. The molecular formula is C21H20BrNO2. The molecule has 2 unspecified atom stereocenters. The molecule has 1 amide bonds. The van der Waals surface area contributed by atoms with Crippen LogP contribution in [0.4, 0.5) is 4.79 Å². The number of rotatable bonds is 3. The third-order valence-electron chi connectivity index (χ3n) is 5.03. The van der Waals surface area contributed by atoms with E-state index in [1.54, 1.807) is 0 Å². The molecule has 1 saturated heterocycles. The monoisotopic (exact) mass is 397 g/mol. The molecule has 0 N–H and O–H groups in total. The van der Waals surface area contributed by atoms with Gasteiger partial charge in [0.2, 0.25) is 0 Å². The van der Waals surface area contributed by atoms with Crippen molar-refractivity contribution in [3.05, 3.63) is 76.3 Å². The molecular weight excluding hydrogens is 378 g/mol. The Morgan fingerprint density at radius 2 is 1.84 bits per heavy atom. The first-order chi connectivity index (χ1) is 12.2. The first-order valence-corrected chi connectivity index (χ1v) is 9.46. The summed E-state index contributed by atoms with van der Waals surface area (Å²) in [5.41, 5.74) is 3.58. The Kier molecular flexibility index (Phi) is 4.62. The van der Waals surface area contributed by atoms with Gasteiger partial charge < -0.3 is 4.74 Å². The third kappa shape index (κ3) is 3.36. The van der Waals surface area contributed by atoms with Crippen molar-refractivity contribution in [2.24, 2.45) is 0 Å². The summed E-state index contributed by atoms with van der Waals surface area (Å²) in [5, 5.41) is 0. The van der Waals surface area contributed by atoms with E-state index in [-0.39, 0.29) is 18.2 Å². The maximum atomic E-state index is 12.6. The third-order valence-corrected chi connectivity index (χ3v) is 5.72. The number of hydrogen-bond acceptors (Lipinski definition) is 2. The number of fused-ring (bicyclic) bond motifs is 2. The van der Waals surface area contributed by atoms with Gasteiger partial charge in [0.05, 0.1) is 6.04 Å². The van der Waals surface area contributed by atoms with Gasteiger partial charge in [0.15, 0.2) is 0 Å². The van der Waals surface area contributed by atoms with Crippen molar-refractivity contribution in [2.75, 3.05) is 0 Å². The molecule has 2 atom stereocenters. The van der Waals surface area contributed by atoms with Crippen molar-refractivity contribution in [3.63, 3.8) is 0 Å². The molecule has 2 heterocycles. The number of carbonyl (C=O) groups is 1. The standard InChI is InChI=1S/C21H20BrNO2/c22-20-9-5-4-8-19(20)16-12-17-10-11-18(13-16)23(17)21(24)25-14-15-6-2-1-3-7-15/h1-9,12,17-18H,10-11,13-14H2. The second-order valence-electron chi connectivity index (χ2n) is 6.62. The molecule has 2 aromatic rings. The number of amides is 1. The number of carbonyl (C=O) groups excluding carboxylic acids is 1. The molecule has 25 heavy (non-hydrogen) atoms. The SMILES string of the molecule is O=C(OCc1ccccc1)N1C2C=C(c3ccccc3Br)CC1CC2. The van der Waals surface area contributed by atoms with Gasteiger partial charge in [-0.25, -0.2) is 4.79 Å². The highest BCUT2D eigenvalue weighted by molar-refractivity contribution is 9.10. The van der Waals surface area contributed by atoms with E-state index in [9.17, 15) is 4.79 Å². The Morgan fingerprint density at radius 3 is 2.60 bits per heavy atom. The predicted octanol–water partition coefficient (Wildman–Crippen LogP) is 5.41. The average molecular weight is 398 g/mol. The van der Waals surface area contributed by atoms with E-state index in [4.69, 9.17) is 4.74 Å². The molecule has 2 aliphatic heterocycles. The van der Waals surface area contributed by atoms with Gasteiger partial charge in [0.1, 0.15) is 6.61 Å². The molecule has 0 spiro atoms. The fraction of sp³-hybridized carbons (Fsp3) is 0.286. The van der Waals surface area contributed by atoms with Crippen LogP contribution < -0.4 is 0 Å². The van der Waals surface area contributed by atoms with Gasteiger partial charge in [-0.1, -0.05) is 70.5 Å². The number of nitrogens with zero attached hydrogens (tertiary/aromatic N) is 1. The van der Waals surface area contributed by atoms with Crippen molar-refractivity contribution < 1.29 is 9.53 Å². The van der Waals surface area contributed by atoms with E-state index in [0.717, 1.165) is 29.3 Å². The maximum Gasteiger partial charge on any atom is 0.410 e. The first-order valence-electron chi connectivity index (χ1n) is 8.67. The van der Waals surface area contributed by atoms with Crippen LogP contribution in [-0.2, 0) is 11.3 Å². The van der Waals surface area contributed by atoms with Crippen LogP contribution in [0.3, 0.4) is 0 Å².